The normalized spacial score (nSPS) is 10.1. The molecule has 0 aromatic heterocycles. The highest BCUT2D eigenvalue weighted by atomic mass is 35.5. The molecule has 0 heterocycles. The Morgan fingerprint density at radius 2 is 1.47 bits per heavy atom. The van der Waals surface area contributed by atoms with E-state index < -0.39 is 0 Å². The van der Waals surface area contributed by atoms with E-state index in [0.29, 0.717) is 33.7 Å². The first-order chi connectivity index (χ1) is 9.12. The van der Waals surface area contributed by atoms with Gasteiger partial charge in [-0.1, -0.05) is 11.6 Å². The quantitative estimate of drug-likeness (QED) is 0.867. The van der Waals surface area contributed by atoms with Crippen molar-refractivity contribution in [3.63, 3.8) is 0 Å². The summed E-state index contributed by atoms with van der Waals surface area (Å²) in [5.41, 5.74) is 6.31. The summed E-state index contributed by atoms with van der Waals surface area (Å²) in [6.07, 6.45) is 0. The van der Waals surface area contributed by atoms with Crippen LogP contribution in [0.3, 0.4) is 0 Å². The van der Waals surface area contributed by atoms with Crippen molar-refractivity contribution in [2.45, 2.75) is 0 Å². The molecule has 0 fully saturated rings. The molecule has 0 saturated carbocycles. The standard InChI is InChI=1S/C14H14ClNO3/c1-17-10-6-11(18-2)8-12(7-10)19-14-4-3-9(15)5-13(14)16/h3-8H,16H2,1-2H3. The Labute approximate surface area is 116 Å². The minimum Gasteiger partial charge on any atom is -0.496 e. The second-order valence-electron chi connectivity index (χ2n) is 3.83. The molecule has 2 rings (SSSR count). The fourth-order valence-corrected chi connectivity index (χ4v) is 1.76. The third kappa shape index (κ3) is 3.23. The molecule has 4 nitrogen and oxygen atoms in total. The molecule has 5 heteroatoms. The van der Waals surface area contributed by atoms with E-state index in [1.54, 1.807) is 50.6 Å². The van der Waals surface area contributed by atoms with Gasteiger partial charge in [0, 0.05) is 23.2 Å². The van der Waals surface area contributed by atoms with Gasteiger partial charge in [-0.15, -0.1) is 0 Å². The second-order valence-corrected chi connectivity index (χ2v) is 4.27. The van der Waals surface area contributed by atoms with E-state index in [4.69, 9.17) is 31.5 Å². The number of hydrogen-bond donors (Lipinski definition) is 1. The molecule has 0 radical (unpaired) electrons. The molecule has 0 aliphatic carbocycles. The number of nitrogen functional groups attached to an aromatic ring is 1. The third-order valence-electron chi connectivity index (χ3n) is 2.52. The van der Waals surface area contributed by atoms with Gasteiger partial charge in [0.05, 0.1) is 19.9 Å². The zero-order chi connectivity index (χ0) is 13.8. The molecular formula is C14H14ClNO3. The maximum Gasteiger partial charge on any atom is 0.150 e. The molecular weight excluding hydrogens is 266 g/mol. The van der Waals surface area contributed by atoms with Crippen LogP contribution in [0.4, 0.5) is 5.69 Å². The number of rotatable bonds is 4. The monoisotopic (exact) mass is 279 g/mol. The first-order valence-corrected chi connectivity index (χ1v) is 5.96. The van der Waals surface area contributed by atoms with Crippen molar-refractivity contribution in [3.8, 4) is 23.0 Å². The van der Waals surface area contributed by atoms with Crippen LogP contribution in [0, 0.1) is 0 Å². The third-order valence-corrected chi connectivity index (χ3v) is 2.76. The summed E-state index contributed by atoms with van der Waals surface area (Å²) in [6, 6.07) is 10.3. The van der Waals surface area contributed by atoms with Crippen LogP contribution >= 0.6 is 11.6 Å². The van der Waals surface area contributed by atoms with Gasteiger partial charge in [0.15, 0.2) is 0 Å². The Hall–Kier alpha value is -2.07. The molecule has 0 unspecified atom stereocenters. The minimum atomic E-state index is 0.467. The highest BCUT2D eigenvalue weighted by Gasteiger charge is 2.06. The highest BCUT2D eigenvalue weighted by molar-refractivity contribution is 6.30. The summed E-state index contributed by atoms with van der Waals surface area (Å²) in [6.45, 7) is 0. The Bertz CT molecular complexity index is 565. The molecule has 100 valence electrons. The van der Waals surface area contributed by atoms with Crippen LogP contribution in [-0.4, -0.2) is 14.2 Å². The van der Waals surface area contributed by atoms with E-state index in [1.165, 1.54) is 0 Å². The molecule has 0 atom stereocenters. The SMILES string of the molecule is COc1cc(OC)cc(Oc2ccc(Cl)cc2N)c1. The van der Waals surface area contributed by atoms with Gasteiger partial charge in [0.1, 0.15) is 23.0 Å². The van der Waals surface area contributed by atoms with E-state index in [1.807, 2.05) is 0 Å². The predicted octanol–water partition coefficient (Wildman–Crippen LogP) is 3.73. The van der Waals surface area contributed by atoms with E-state index in [2.05, 4.69) is 0 Å². The van der Waals surface area contributed by atoms with E-state index >= 15 is 0 Å². The molecule has 2 aromatic carbocycles. The summed E-state index contributed by atoms with van der Waals surface area (Å²) in [4.78, 5) is 0. The zero-order valence-corrected chi connectivity index (χ0v) is 11.4. The molecule has 2 aromatic rings. The summed E-state index contributed by atoms with van der Waals surface area (Å²) in [7, 11) is 3.16. The number of hydrogen-bond acceptors (Lipinski definition) is 4. The largest absolute Gasteiger partial charge is 0.496 e. The lowest BCUT2D eigenvalue weighted by Gasteiger charge is -2.11. The van der Waals surface area contributed by atoms with Gasteiger partial charge in [0.2, 0.25) is 0 Å². The fourth-order valence-electron chi connectivity index (χ4n) is 1.58. The minimum absolute atomic E-state index is 0.467. The average molecular weight is 280 g/mol. The Morgan fingerprint density at radius 3 is 2.00 bits per heavy atom. The smallest absolute Gasteiger partial charge is 0.150 e. The maximum atomic E-state index is 5.84. The van der Waals surface area contributed by atoms with E-state index in [9.17, 15) is 0 Å². The van der Waals surface area contributed by atoms with Crippen LogP contribution < -0.4 is 19.9 Å². The van der Waals surface area contributed by atoms with Crippen molar-refractivity contribution in [1.82, 2.24) is 0 Å². The first-order valence-electron chi connectivity index (χ1n) is 5.58. The topological polar surface area (TPSA) is 53.7 Å². The van der Waals surface area contributed by atoms with Gasteiger partial charge in [-0.05, 0) is 18.2 Å². The van der Waals surface area contributed by atoms with Crippen LogP contribution in [0.2, 0.25) is 5.02 Å². The van der Waals surface area contributed by atoms with Crippen molar-refractivity contribution in [3.05, 3.63) is 41.4 Å². The van der Waals surface area contributed by atoms with E-state index in [-0.39, 0.29) is 0 Å². The van der Waals surface area contributed by atoms with Gasteiger partial charge in [-0.3, -0.25) is 0 Å². The summed E-state index contributed by atoms with van der Waals surface area (Å²) >= 11 is 5.84. The second kappa shape index (κ2) is 5.71. The van der Waals surface area contributed by atoms with Crippen LogP contribution in [-0.2, 0) is 0 Å². The van der Waals surface area contributed by atoms with Crippen molar-refractivity contribution in [1.29, 1.82) is 0 Å². The predicted molar refractivity (Wildman–Crippen MR) is 75.5 cm³/mol. The molecule has 0 aliphatic rings. The van der Waals surface area contributed by atoms with Gasteiger partial charge in [0.25, 0.3) is 0 Å². The molecule has 0 saturated heterocycles. The van der Waals surface area contributed by atoms with Crippen LogP contribution in [0.1, 0.15) is 0 Å². The molecule has 19 heavy (non-hydrogen) atoms. The zero-order valence-electron chi connectivity index (χ0n) is 10.6. The van der Waals surface area contributed by atoms with Crippen molar-refractivity contribution in [2.24, 2.45) is 0 Å². The van der Waals surface area contributed by atoms with Crippen molar-refractivity contribution in [2.75, 3.05) is 20.0 Å². The maximum absolute atomic E-state index is 5.84. The number of nitrogens with two attached hydrogens (primary N) is 1. The Morgan fingerprint density at radius 1 is 0.895 bits per heavy atom. The van der Waals surface area contributed by atoms with Crippen LogP contribution in [0.5, 0.6) is 23.0 Å². The highest BCUT2D eigenvalue weighted by Crippen LogP contribution is 2.34. The number of ether oxygens (including phenoxy) is 3. The number of methoxy groups -OCH3 is 2. The van der Waals surface area contributed by atoms with Gasteiger partial charge >= 0.3 is 0 Å². The van der Waals surface area contributed by atoms with Crippen LogP contribution in [0.15, 0.2) is 36.4 Å². The lowest BCUT2D eigenvalue weighted by Crippen LogP contribution is -1.93. The van der Waals surface area contributed by atoms with Gasteiger partial charge in [-0.25, -0.2) is 0 Å². The molecule has 0 bridgehead atoms. The fraction of sp³-hybridized carbons (Fsp3) is 0.143. The van der Waals surface area contributed by atoms with Crippen molar-refractivity contribution >= 4 is 17.3 Å². The lowest BCUT2D eigenvalue weighted by atomic mass is 10.2. The van der Waals surface area contributed by atoms with E-state index in [0.717, 1.165) is 0 Å². The average Bonchev–Trinajstić information content (AvgIpc) is 2.41. The number of anilines is 1. The summed E-state index contributed by atoms with van der Waals surface area (Å²) in [5, 5.41) is 0.563. The van der Waals surface area contributed by atoms with Gasteiger partial charge in [-0.2, -0.15) is 0 Å². The summed E-state index contributed by atoms with van der Waals surface area (Å²) in [5.74, 6) is 2.38. The molecule has 0 amide bonds. The van der Waals surface area contributed by atoms with Gasteiger partial charge < -0.3 is 19.9 Å². The molecule has 0 spiro atoms. The lowest BCUT2D eigenvalue weighted by molar-refractivity contribution is 0.386. The van der Waals surface area contributed by atoms with Crippen molar-refractivity contribution < 1.29 is 14.2 Å². The Balaban J connectivity index is 2.31. The summed E-state index contributed by atoms with van der Waals surface area (Å²) < 4.78 is 16.0. The number of benzene rings is 2. The molecule has 2 N–H and O–H groups in total. The molecule has 0 aliphatic heterocycles. The van der Waals surface area contributed by atoms with Crippen LogP contribution in [0.25, 0.3) is 0 Å². The Kier molecular flexibility index (Phi) is 4.02. The first kappa shape index (κ1) is 13.4. The number of halogens is 1.